The highest BCUT2D eigenvalue weighted by molar-refractivity contribution is 7.09. The Kier molecular flexibility index (Phi) is 3.21. The van der Waals surface area contributed by atoms with Gasteiger partial charge in [-0.15, -0.1) is 23.7 Å². The SMILES string of the molecule is Cl.Nc1cscc1Cl. The number of halogens is 2. The van der Waals surface area contributed by atoms with Gasteiger partial charge in [0.1, 0.15) is 0 Å². The summed E-state index contributed by atoms with van der Waals surface area (Å²) in [6, 6.07) is 0. The number of nitrogen functional groups attached to an aromatic ring is 1. The lowest BCUT2D eigenvalue weighted by atomic mass is 10.6. The summed E-state index contributed by atoms with van der Waals surface area (Å²) in [4.78, 5) is 0. The van der Waals surface area contributed by atoms with Crippen LogP contribution in [0.2, 0.25) is 5.02 Å². The monoisotopic (exact) mass is 169 g/mol. The molecule has 0 aromatic carbocycles. The van der Waals surface area contributed by atoms with Gasteiger partial charge >= 0.3 is 0 Å². The van der Waals surface area contributed by atoms with Gasteiger partial charge in [0.15, 0.2) is 0 Å². The largest absolute Gasteiger partial charge is 0.397 e. The molecule has 0 radical (unpaired) electrons. The summed E-state index contributed by atoms with van der Waals surface area (Å²) in [6.07, 6.45) is 0. The Balaban J connectivity index is 0.000000490. The molecule has 46 valence electrons. The minimum Gasteiger partial charge on any atom is -0.397 e. The molecule has 0 saturated heterocycles. The first-order valence-electron chi connectivity index (χ1n) is 1.78. The van der Waals surface area contributed by atoms with Crippen LogP contribution in [0.4, 0.5) is 5.69 Å². The Labute approximate surface area is 62.9 Å². The number of thiophene rings is 1. The number of hydrogen-bond donors (Lipinski definition) is 1. The Bertz CT molecular complexity index is 146. The molecule has 8 heavy (non-hydrogen) atoms. The van der Waals surface area contributed by atoms with Crippen LogP contribution >= 0.6 is 35.3 Å². The van der Waals surface area contributed by atoms with Crippen LogP contribution in [-0.4, -0.2) is 0 Å². The molecule has 0 spiro atoms. The van der Waals surface area contributed by atoms with Crippen LogP contribution in [0.15, 0.2) is 10.8 Å². The van der Waals surface area contributed by atoms with Crippen molar-refractivity contribution in [2.75, 3.05) is 5.73 Å². The minimum absolute atomic E-state index is 0. The standard InChI is InChI=1S/C4H4ClNS.ClH/c5-3-1-7-2-4(3)6;/h1-2H,6H2;1H. The molecule has 1 aromatic heterocycles. The number of hydrogen-bond acceptors (Lipinski definition) is 2. The zero-order chi connectivity index (χ0) is 5.28. The highest BCUT2D eigenvalue weighted by Gasteiger charge is 1.90. The first kappa shape index (κ1) is 8.08. The lowest BCUT2D eigenvalue weighted by Gasteiger charge is -1.78. The highest BCUT2D eigenvalue weighted by atomic mass is 35.5. The zero-order valence-electron chi connectivity index (χ0n) is 3.93. The predicted octanol–water partition coefficient (Wildman–Crippen LogP) is 2.41. The van der Waals surface area contributed by atoms with Crippen LogP contribution in [0.3, 0.4) is 0 Å². The lowest BCUT2D eigenvalue weighted by Crippen LogP contribution is -1.77. The van der Waals surface area contributed by atoms with Crippen molar-refractivity contribution in [3.8, 4) is 0 Å². The molecule has 1 nitrogen and oxygen atoms in total. The van der Waals surface area contributed by atoms with E-state index in [2.05, 4.69) is 0 Å². The third kappa shape index (κ3) is 1.54. The first-order chi connectivity index (χ1) is 3.30. The molecular weight excluding hydrogens is 165 g/mol. The Hall–Kier alpha value is 0.0800. The predicted molar refractivity (Wildman–Crippen MR) is 41.0 cm³/mol. The molecule has 0 saturated carbocycles. The molecule has 0 fully saturated rings. The fraction of sp³-hybridized carbons (Fsp3) is 0. The maximum Gasteiger partial charge on any atom is 0.0742 e. The van der Waals surface area contributed by atoms with Crippen molar-refractivity contribution in [2.45, 2.75) is 0 Å². The second kappa shape index (κ2) is 3.17. The minimum atomic E-state index is 0. The van der Waals surface area contributed by atoms with Crippen molar-refractivity contribution in [3.63, 3.8) is 0 Å². The molecule has 1 heterocycles. The van der Waals surface area contributed by atoms with Crippen molar-refractivity contribution in [1.29, 1.82) is 0 Å². The van der Waals surface area contributed by atoms with Crippen molar-refractivity contribution in [3.05, 3.63) is 15.8 Å². The van der Waals surface area contributed by atoms with Crippen molar-refractivity contribution in [2.24, 2.45) is 0 Å². The second-order valence-electron chi connectivity index (χ2n) is 1.18. The molecular formula is C4H5Cl2NS. The summed E-state index contributed by atoms with van der Waals surface area (Å²) in [5.41, 5.74) is 5.99. The summed E-state index contributed by atoms with van der Waals surface area (Å²) in [5, 5.41) is 4.27. The highest BCUT2D eigenvalue weighted by Crippen LogP contribution is 2.21. The zero-order valence-corrected chi connectivity index (χ0v) is 6.32. The van der Waals surface area contributed by atoms with Gasteiger partial charge in [0.2, 0.25) is 0 Å². The van der Waals surface area contributed by atoms with E-state index in [1.165, 1.54) is 11.3 Å². The molecule has 0 amide bonds. The van der Waals surface area contributed by atoms with Crippen LogP contribution in [0.5, 0.6) is 0 Å². The second-order valence-corrected chi connectivity index (χ2v) is 2.33. The third-order valence-electron chi connectivity index (χ3n) is 0.642. The van der Waals surface area contributed by atoms with E-state index in [9.17, 15) is 0 Å². The van der Waals surface area contributed by atoms with Gasteiger partial charge in [0.25, 0.3) is 0 Å². The summed E-state index contributed by atoms with van der Waals surface area (Å²) >= 11 is 7.02. The van der Waals surface area contributed by atoms with E-state index in [1.807, 2.05) is 5.38 Å². The van der Waals surface area contributed by atoms with Gasteiger partial charge in [0, 0.05) is 10.8 Å². The Morgan fingerprint density at radius 1 is 1.50 bits per heavy atom. The van der Waals surface area contributed by atoms with Crippen LogP contribution in [0.1, 0.15) is 0 Å². The van der Waals surface area contributed by atoms with Gasteiger partial charge in [-0.25, -0.2) is 0 Å². The Morgan fingerprint density at radius 2 is 2.12 bits per heavy atom. The summed E-state index contributed by atoms with van der Waals surface area (Å²) in [7, 11) is 0. The fourth-order valence-electron chi connectivity index (χ4n) is 0.291. The Morgan fingerprint density at radius 3 is 2.25 bits per heavy atom. The van der Waals surface area contributed by atoms with Crippen LogP contribution < -0.4 is 5.73 Å². The van der Waals surface area contributed by atoms with Gasteiger partial charge in [0.05, 0.1) is 10.7 Å². The van der Waals surface area contributed by atoms with E-state index in [0.717, 1.165) is 0 Å². The molecule has 1 rings (SSSR count). The van der Waals surface area contributed by atoms with Crippen molar-refractivity contribution < 1.29 is 0 Å². The maximum atomic E-state index is 5.51. The molecule has 0 bridgehead atoms. The average Bonchev–Trinajstić information content (AvgIpc) is 1.91. The molecule has 0 aliphatic carbocycles. The molecule has 4 heteroatoms. The molecule has 0 unspecified atom stereocenters. The third-order valence-corrected chi connectivity index (χ3v) is 1.86. The molecule has 1 aromatic rings. The van der Waals surface area contributed by atoms with Crippen LogP contribution in [0.25, 0.3) is 0 Å². The summed E-state index contributed by atoms with van der Waals surface area (Å²) < 4.78 is 0. The van der Waals surface area contributed by atoms with E-state index in [1.54, 1.807) is 5.38 Å². The summed E-state index contributed by atoms with van der Waals surface area (Å²) in [6.45, 7) is 0. The van der Waals surface area contributed by atoms with Crippen LogP contribution in [0, 0.1) is 0 Å². The van der Waals surface area contributed by atoms with Crippen molar-refractivity contribution >= 4 is 41.0 Å². The smallest absolute Gasteiger partial charge is 0.0742 e. The van der Waals surface area contributed by atoms with E-state index in [4.69, 9.17) is 17.3 Å². The quantitative estimate of drug-likeness (QED) is 0.635. The van der Waals surface area contributed by atoms with Crippen molar-refractivity contribution in [1.82, 2.24) is 0 Å². The van der Waals surface area contributed by atoms with Crippen LogP contribution in [-0.2, 0) is 0 Å². The van der Waals surface area contributed by atoms with Gasteiger partial charge in [-0.1, -0.05) is 11.6 Å². The van der Waals surface area contributed by atoms with E-state index in [0.29, 0.717) is 10.7 Å². The first-order valence-corrected chi connectivity index (χ1v) is 3.10. The number of anilines is 1. The molecule has 0 aliphatic heterocycles. The topological polar surface area (TPSA) is 26.0 Å². The lowest BCUT2D eigenvalue weighted by molar-refractivity contribution is 1.88. The fourth-order valence-corrected chi connectivity index (χ4v) is 1.16. The normalized spacial score (nSPS) is 8.12. The van der Waals surface area contributed by atoms with Gasteiger partial charge < -0.3 is 5.73 Å². The van der Waals surface area contributed by atoms with Gasteiger partial charge in [-0.05, 0) is 0 Å². The maximum absolute atomic E-state index is 5.51. The van der Waals surface area contributed by atoms with Gasteiger partial charge in [-0.3, -0.25) is 0 Å². The number of nitrogens with two attached hydrogens (primary N) is 1. The molecule has 2 N–H and O–H groups in total. The van der Waals surface area contributed by atoms with E-state index >= 15 is 0 Å². The van der Waals surface area contributed by atoms with Gasteiger partial charge in [-0.2, -0.15) is 0 Å². The average molecular weight is 170 g/mol. The van der Waals surface area contributed by atoms with E-state index in [-0.39, 0.29) is 12.4 Å². The summed E-state index contributed by atoms with van der Waals surface area (Å²) in [5.74, 6) is 0. The van der Waals surface area contributed by atoms with E-state index < -0.39 is 0 Å². The number of rotatable bonds is 0. The molecule has 0 aliphatic rings. The molecule has 0 atom stereocenters.